The van der Waals surface area contributed by atoms with Gasteiger partial charge in [-0.1, -0.05) is 12.1 Å². The molecule has 1 aliphatic heterocycles. The highest BCUT2D eigenvalue weighted by atomic mass is 16.5. The minimum absolute atomic E-state index is 0.0112. The second kappa shape index (κ2) is 10.1. The van der Waals surface area contributed by atoms with Gasteiger partial charge in [0.25, 0.3) is 0 Å². The van der Waals surface area contributed by atoms with E-state index in [0.29, 0.717) is 0 Å². The summed E-state index contributed by atoms with van der Waals surface area (Å²) >= 11 is 0. The molecule has 2 rings (SSSR count). The van der Waals surface area contributed by atoms with Crippen molar-refractivity contribution in [2.24, 2.45) is 0 Å². The van der Waals surface area contributed by atoms with Crippen molar-refractivity contribution in [3.05, 3.63) is 29.8 Å². The summed E-state index contributed by atoms with van der Waals surface area (Å²) in [5.41, 5.74) is 1.30. The normalized spacial score (nSPS) is 15.7. The first-order valence-corrected chi connectivity index (χ1v) is 9.14. The smallest absolute Gasteiger partial charge is 0.321 e. The highest BCUT2D eigenvalue weighted by molar-refractivity contribution is 5.95. The average Bonchev–Trinajstić information content (AvgIpc) is 2.60. The molecule has 0 unspecified atom stereocenters. The third kappa shape index (κ3) is 7.01. The maximum atomic E-state index is 11.9. The van der Waals surface area contributed by atoms with Gasteiger partial charge in [-0.3, -0.25) is 15.0 Å². The molecular weight excluding hydrogens is 332 g/mol. The van der Waals surface area contributed by atoms with Crippen molar-refractivity contribution in [1.82, 2.24) is 20.4 Å². The number of rotatable bonds is 7. The Bertz CT molecular complexity index is 581. The Morgan fingerprint density at radius 2 is 1.69 bits per heavy atom. The van der Waals surface area contributed by atoms with Gasteiger partial charge in [-0.25, -0.2) is 4.79 Å². The third-order valence-corrected chi connectivity index (χ3v) is 4.38. The molecule has 7 nitrogen and oxygen atoms in total. The van der Waals surface area contributed by atoms with E-state index < -0.39 is 6.03 Å². The molecule has 1 aromatic rings. The van der Waals surface area contributed by atoms with E-state index in [1.54, 1.807) is 7.11 Å². The van der Waals surface area contributed by atoms with Crippen LogP contribution in [0.2, 0.25) is 0 Å². The monoisotopic (exact) mass is 362 g/mol. The molecule has 7 heteroatoms. The molecule has 1 aliphatic rings. The molecule has 0 spiro atoms. The third-order valence-electron chi connectivity index (χ3n) is 4.38. The number of methoxy groups -OCH3 is 1. The van der Waals surface area contributed by atoms with Crippen LogP contribution >= 0.6 is 0 Å². The van der Waals surface area contributed by atoms with Gasteiger partial charge < -0.3 is 15.0 Å². The molecule has 26 heavy (non-hydrogen) atoms. The lowest BCUT2D eigenvalue weighted by Crippen LogP contribution is -2.51. The van der Waals surface area contributed by atoms with Gasteiger partial charge in [0.05, 0.1) is 13.7 Å². The van der Waals surface area contributed by atoms with Crippen molar-refractivity contribution < 1.29 is 14.3 Å². The standard InChI is InChI=1S/C19H30N4O3/c1-15(2)20-19(25)21-18(24)14-23-12-10-22(11-13-23)9-8-16-4-6-17(26-3)7-5-16/h4-7,15H,8-14H2,1-3H3,(H2,20,21,24,25). The second-order valence-electron chi connectivity index (χ2n) is 6.89. The van der Waals surface area contributed by atoms with Gasteiger partial charge >= 0.3 is 6.03 Å². The molecule has 1 aromatic carbocycles. The van der Waals surface area contributed by atoms with E-state index >= 15 is 0 Å². The van der Waals surface area contributed by atoms with E-state index in [4.69, 9.17) is 4.74 Å². The van der Waals surface area contributed by atoms with Crippen LogP contribution in [-0.4, -0.2) is 74.2 Å². The van der Waals surface area contributed by atoms with Gasteiger partial charge in [0.15, 0.2) is 0 Å². The van der Waals surface area contributed by atoms with Crippen LogP contribution in [0.3, 0.4) is 0 Å². The Hall–Kier alpha value is -2.12. The summed E-state index contributed by atoms with van der Waals surface area (Å²) in [6.45, 7) is 8.51. The summed E-state index contributed by atoms with van der Waals surface area (Å²) in [5.74, 6) is 0.623. The number of hydrogen-bond donors (Lipinski definition) is 2. The zero-order valence-electron chi connectivity index (χ0n) is 16.0. The minimum atomic E-state index is -0.428. The van der Waals surface area contributed by atoms with Crippen LogP contribution in [0, 0.1) is 0 Å². The Labute approximate surface area is 155 Å². The van der Waals surface area contributed by atoms with Crippen molar-refractivity contribution >= 4 is 11.9 Å². The maximum Gasteiger partial charge on any atom is 0.321 e. The molecule has 144 valence electrons. The predicted molar refractivity (Wildman–Crippen MR) is 101 cm³/mol. The number of nitrogens with zero attached hydrogens (tertiary/aromatic N) is 2. The van der Waals surface area contributed by atoms with E-state index in [0.717, 1.165) is 44.9 Å². The highest BCUT2D eigenvalue weighted by Gasteiger charge is 2.19. The fourth-order valence-electron chi connectivity index (χ4n) is 2.92. The minimum Gasteiger partial charge on any atom is -0.497 e. The van der Waals surface area contributed by atoms with E-state index in [2.05, 4.69) is 32.6 Å². The summed E-state index contributed by atoms with van der Waals surface area (Å²) in [4.78, 5) is 27.9. The predicted octanol–water partition coefficient (Wildman–Crippen LogP) is 1.09. The van der Waals surface area contributed by atoms with Crippen molar-refractivity contribution in [2.75, 3.05) is 46.4 Å². The van der Waals surface area contributed by atoms with Crippen molar-refractivity contribution in [3.63, 3.8) is 0 Å². The number of amides is 3. The van der Waals surface area contributed by atoms with E-state index in [-0.39, 0.29) is 18.5 Å². The largest absolute Gasteiger partial charge is 0.497 e. The molecule has 0 aromatic heterocycles. The average molecular weight is 362 g/mol. The van der Waals surface area contributed by atoms with Crippen LogP contribution in [0.1, 0.15) is 19.4 Å². The van der Waals surface area contributed by atoms with Crippen LogP contribution in [0.4, 0.5) is 4.79 Å². The lowest BCUT2D eigenvalue weighted by atomic mass is 10.1. The summed E-state index contributed by atoms with van der Waals surface area (Å²) in [6.07, 6.45) is 1.000. The maximum absolute atomic E-state index is 11.9. The van der Waals surface area contributed by atoms with Crippen molar-refractivity contribution in [1.29, 1.82) is 0 Å². The molecule has 0 atom stereocenters. The lowest BCUT2D eigenvalue weighted by molar-refractivity contribution is -0.121. The molecule has 0 saturated carbocycles. The topological polar surface area (TPSA) is 73.9 Å². The Morgan fingerprint density at radius 3 is 2.27 bits per heavy atom. The number of urea groups is 1. The van der Waals surface area contributed by atoms with Gasteiger partial charge in [0.2, 0.25) is 5.91 Å². The van der Waals surface area contributed by atoms with Gasteiger partial charge in [-0.05, 0) is 38.0 Å². The van der Waals surface area contributed by atoms with E-state index in [1.807, 2.05) is 26.0 Å². The number of hydrogen-bond acceptors (Lipinski definition) is 5. The van der Waals surface area contributed by atoms with E-state index in [1.165, 1.54) is 5.56 Å². The molecule has 0 aliphatic carbocycles. The van der Waals surface area contributed by atoms with Gasteiger partial charge in [0, 0.05) is 38.8 Å². The molecule has 3 amide bonds. The zero-order chi connectivity index (χ0) is 18.9. The first kappa shape index (κ1) is 20.2. The van der Waals surface area contributed by atoms with E-state index in [9.17, 15) is 9.59 Å². The first-order valence-electron chi connectivity index (χ1n) is 9.14. The summed E-state index contributed by atoms with van der Waals surface area (Å²) in [7, 11) is 1.67. The lowest BCUT2D eigenvalue weighted by Gasteiger charge is -2.34. The Kier molecular flexibility index (Phi) is 7.87. The first-order chi connectivity index (χ1) is 12.5. The number of carbonyl (C=O) groups is 2. The molecular formula is C19H30N4O3. The number of carbonyl (C=O) groups excluding carboxylic acids is 2. The molecule has 0 radical (unpaired) electrons. The molecule has 2 N–H and O–H groups in total. The van der Waals surface area contributed by atoms with Crippen molar-refractivity contribution in [2.45, 2.75) is 26.3 Å². The van der Waals surface area contributed by atoms with Crippen LogP contribution in [0.5, 0.6) is 5.75 Å². The Balaban J connectivity index is 1.65. The number of piperazine rings is 1. The zero-order valence-corrected chi connectivity index (χ0v) is 16.0. The SMILES string of the molecule is COc1ccc(CCN2CCN(CC(=O)NC(=O)NC(C)C)CC2)cc1. The van der Waals surface area contributed by atoms with Crippen LogP contribution in [0.15, 0.2) is 24.3 Å². The number of nitrogens with one attached hydrogen (secondary N) is 2. The summed E-state index contributed by atoms with van der Waals surface area (Å²) < 4.78 is 5.18. The summed E-state index contributed by atoms with van der Waals surface area (Å²) in [6, 6.07) is 7.76. The number of benzene rings is 1. The molecule has 1 fully saturated rings. The number of ether oxygens (including phenoxy) is 1. The van der Waals surface area contributed by atoms with Crippen LogP contribution in [0.25, 0.3) is 0 Å². The highest BCUT2D eigenvalue weighted by Crippen LogP contribution is 2.12. The number of imide groups is 1. The van der Waals surface area contributed by atoms with Gasteiger partial charge in [0.1, 0.15) is 5.75 Å². The molecule has 1 saturated heterocycles. The van der Waals surface area contributed by atoms with Crippen molar-refractivity contribution in [3.8, 4) is 5.75 Å². The summed E-state index contributed by atoms with van der Waals surface area (Å²) in [5, 5.41) is 5.02. The fraction of sp³-hybridized carbons (Fsp3) is 0.579. The quantitative estimate of drug-likeness (QED) is 0.760. The van der Waals surface area contributed by atoms with Crippen LogP contribution < -0.4 is 15.4 Å². The second-order valence-corrected chi connectivity index (χ2v) is 6.89. The van der Waals surface area contributed by atoms with Gasteiger partial charge in [-0.2, -0.15) is 0 Å². The Morgan fingerprint density at radius 1 is 1.08 bits per heavy atom. The molecule has 1 heterocycles. The fourth-order valence-corrected chi connectivity index (χ4v) is 2.92. The van der Waals surface area contributed by atoms with Gasteiger partial charge in [-0.15, -0.1) is 0 Å². The molecule has 0 bridgehead atoms. The van der Waals surface area contributed by atoms with Crippen LogP contribution in [-0.2, 0) is 11.2 Å².